The van der Waals surface area contributed by atoms with Gasteiger partial charge >= 0.3 is 0 Å². The highest BCUT2D eigenvalue weighted by molar-refractivity contribution is 5.92. The summed E-state index contributed by atoms with van der Waals surface area (Å²) in [7, 11) is 1.50. The van der Waals surface area contributed by atoms with Crippen LogP contribution in [0.3, 0.4) is 0 Å². The number of hydrogen-bond donors (Lipinski definition) is 5. The Labute approximate surface area is 234 Å². The molecule has 0 spiro atoms. The van der Waals surface area contributed by atoms with E-state index < -0.39 is 41.7 Å². The molecule has 2 aromatic rings. The smallest absolute Gasteiger partial charge is 0.245 e. The molecule has 0 heterocycles. The molecule has 1 aliphatic rings. The van der Waals surface area contributed by atoms with Crippen LogP contribution >= 0.6 is 0 Å². The first kappa shape index (κ1) is 30.6. The molecule has 0 radical (unpaired) electrons. The van der Waals surface area contributed by atoms with Gasteiger partial charge < -0.3 is 33.2 Å². The molecular weight excluding hydrogens is 513 g/mol. The standard InChI is InChI=1S/C29H40FN7O3/c1-37(25(26(32)38)17-20-7-11-21(30)12-8-20)28(40)24(16-18-5-3-2-4-6-18)36-27(39)23(31)15-19-9-13-22(14-10-19)35-29(33)34/h7-14,18,23-25H,2-6,15-17,31H2,1H3,(H2,32,38)(H,36,39)(H4,33,34,35)/t23-,24-,25-/m0/s1. The average Bonchev–Trinajstić information content (AvgIpc) is 2.92. The van der Waals surface area contributed by atoms with Crippen LogP contribution in [0.4, 0.5) is 10.1 Å². The molecule has 0 saturated heterocycles. The second kappa shape index (κ2) is 14.4. The lowest BCUT2D eigenvalue weighted by Gasteiger charge is -2.33. The maximum Gasteiger partial charge on any atom is 0.245 e. The molecule has 9 N–H and O–H groups in total. The number of nitrogens with two attached hydrogens (primary N) is 4. The summed E-state index contributed by atoms with van der Waals surface area (Å²) in [4.78, 5) is 44.5. The van der Waals surface area contributed by atoms with Crippen molar-refractivity contribution >= 4 is 29.4 Å². The zero-order chi connectivity index (χ0) is 29.2. The molecule has 1 saturated carbocycles. The van der Waals surface area contributed by atoms with Crippen molar-refractivity contribution in [2.45, 2.75) is 69.5 Å². The fraction of sp³-hybridized carbons (Fsp3) is 0.448. The third-order valence-electron chi connectivity index (χ3n) is 7.38. The second-order valence-corrected chi connectivity index (χ2v) is 10.5. The minimum atomic E-state index is -0.971. The molecule has 1 fully saturated rings. The van der Waals surface area contributed by atoms with Gasteiger partial charge in [0.25, 0.3) is 0 Å². The number of nitrogens with zero attached hydrogens (tertiary/aromatic N) is 2. The highest BCUT2D eigenvalue weighted by Gasteiger charge is 2.34. The molecule has 10 nitrogen and oxygen atoms in total. The van der Waals surface area contributed by atoms with Gasteiger partial charge in [-0.25, -0.2) is 9.38 Å². The predicted octanol–water partition coefficient (Wildman–Crippen LogP) is 1.61. The summed E-state index contributed by atoms with van der Waals surface area (Å²) < 4.78 is 13.4. The van der Waals surface area contributed by atoms with Gasteiger partial charge in [0.15, 0.2) is 5.96 Å². The number of amides is 3. The van der Waals surface area contributed by atoms with Crippen LogP contribution in [0.1, 0.15) is 49.7 Å². The van der Waals surface area contributed by atoms with Crippen LogP contribution in [0.25, 0.3) is 0 Å². The number of nitrogens with one attached hydrogen (secondary N) is 1. The van der Waals surface area contributed by atoms with Gasteiger partial charge in [0, 0.05) is 13.5 Å². The fourth-order valence-corrected chi connectivity index (χ4v) is 5.13. The van der Waals surface area contributed by atoms with Crippen molar-refractivity contribution < 1.29 is 18.8 Å². The summed E-state index contributed by atoms with van der Waals surface area (Å²) in [5.74, 6) is -1.77. The van der Waals surface area contributed by atoms with E-state index >= 15 is 0 Å². The first-order chi connectivity index (χ1) is 19.0. The van der Waals surface area contributed by atoms with Crippen LogP contribution in [0, 0.1) is 11.7 Å². The number of primary amides is 1. The molecule has 40 heavy (non-hydrogen) atoms. The normalized spacial score (nSPS) is 15.9. The van der Waals surface area contributed by atoms with Gasteiger partial charge in [0.1, 0.15) is 17.9 Å². The van der Waals surface area contributed by atoms with Crippen LogP contribution in [-0.2, 0) is 27.2 Å². The number of carbonyl (C=O) groups excluding carboxylic acids is 3. The van der Waals surface area contributed by atoms with E-state index in [-0.39, 0.29) is 24.7 Å². The van der Waals surface area contributed by atoms with Crippen LogP contribution in [0.15, 0.2) is 53.5 Å². The average molecular weight is 554 g/mol. The van der Waals surface area contributed by atoms with Gasteiger partial charge in [0.2, 0.25) is 17.7 Å². The summed E-state index contributed by atoms with van der Waals surface area (Å²) in [6, 6.07) is 9.92. The van der Waals surface area contributed by atoms with Crippen molar-refractivity contribution in [3.8, 4) is 0 Å². The Kier molecular flexibility index (Phi) is 11.0. The van der Waals surface area contributed by atoms with E-state index in [1.54, 1.807) is 36.4 Å². The molecule has 11 heteroatoms. The molecule has 0 aliphatic heterocycles. The third kappa shape index (κ3) is 9.04. The first-order valence-corrected chi connectivity index (χ1v) is 13.6. The van der Waals surface area contributed by atoms with Crippen molar-refractivity contribution in [3.05, 3.63) is 65.5 Å². The predicted molar refractivity (Wildman–Crippen MR) is 153 cm³/mol. The number of likely N-dealkylation sites (N-methyl/N-ethyl adjacent to an activating group) is 1. The highest BCUT2D eigenvalue weighted by atomic mass is 19.1. The number of halogens is 1. The number of guanidine groups is 1. The molecule has 3 atom stereocenters. The van der Waals surface area contributed by atoms with E-state index in [1.165, 1.54) is 24.1 Å². The fourth-order valence-electron chi connectivity index (χ4n) is 5.13. The molecule has 2 aromatic carbocycles. The van der Waals surface area contributed by atoms with Gasteiger partial charge in [-0.05, 0) is 54.2 Å². The summed E-state index contributed by atoms with van der Waals surface area (Å²) in [5, 5.41) is 2.86. The van der Waals surface area contributed by atoms with E-state index in [4.69, 9.17) is 22.9 Å². The molecule has 0 bridgehead atoms. The van der Waals surface area contributed by atoms with Gasteiger partial charge in [-0.1, -0.05) is 56.4 Å². The number of rotatable bonds is 12. The van der Waals surface area contributed by atoms with Crippen LogP contribution < -0.4 is 28.3 Å². The van der Waals surface area contributed by atoms with Crippen molar-refractivity contribution in [1.29, 1.82) is 0 Å². The van der Waals surface area contributed by atoms with Crippen molar-refractivity contribution in [3.63, 3.8) is 0 Å². The first-order valence-electron chi connectivity index (χ1n) is 13.6. The zero-order valence-electron chi connectivity index (χ0n) is 22.9. The van der Waals surface area contributed by atoms with E-state index in [2.05, 4.69) is 10.3 Å². The Morgan fingerprint density at radius 2 is 1.52 bits per heavy atom. The Balaban J connectivity index is 1.73. The molecule has 216 valence electrons. The molecule has 3 amide bonds. The van der Waals surface area contributed by atoms with Crippen LogP contribution in [-0.4, -0.2) is 53.8 Å². The maximum absolute atomic E-state index is 13.7. The molecule has 1 aliphatic carbocycles. The quantitative estimate of drug-likeness (QED) is 0.196. The number of hydrogen-bond acceptors (Lipinski definition) is 5. The van der Waals surface area contributed by atoms with E-state index in [0.29, 0.717) is 17.7 Å². The number of aliphatic imine (C=N–C) groups is 1. The highest BCUT2D eigenvalue weighted by Crippen LogP contribution is 2.28. The van der Waals surface area contributed by atoms with Crippen molar-refractivity contribution in [1.82, 2.24) is 10.2 Å². The topological polar surface area (TPSA) is 183 Å². The maximum atomic E-state index is 13.7. The van der Waals surface area contributed by atoms with Crippen molar-refractivity contribution in [2.75, 3.05) is 7.05 Å². The van der Waals surface area contributed by atoms with E-state index in [1.807, 2.05) is 0 Å². The van der Waals surface area contributed by atoms with Crippen LogP contribution in [0.2, 0.25) is 0 Å². The molecule has 0 unspecified atom stereocenters. The lowest BCUT2D eigenvalue weighted by atomic mass is 9.84. The molecule has 3 rings (SSSR count). The third-order valence-corrected chi connectivity index (χ3v) is 7.38. The monoisotopic (exact) mass is 553 g/mol. The van der Waals surface area contributed by atoms with Crippen LogP contribution in [0.5, 0.6) is 0 Å². The zero-order valence-corrected chi connectivity index (χ0v) is 22.9. The van der Waals surface area contributed by atoms with E-state index in [0.717, 1.165) is 37.7 Å². The molecular formula is C29H40FN7O3. The summed E-state index contributed by atoms with van der Waals surface area (Å²) >= 11 is 0. The minimum absolute atomic E-state index is 0.0567. The lowest BCUT2D eigenvalue weighted by Crippen LogP contribution is -2.56. The van der Waals surface area contributed by atoms with Gasteiger partial charge in [-0.3, -0.25) is 14.4 Å². The van der Waals surface area contributed by atoms with Crippen molar-refractivity contribution in [2.24, 2.45) is 33.8 Å². The summed E-state index contributed by atoms with van der Waals surface area (Å²) in [6.45, 7) is 0. The van der Waals surface area contributed by atoms with E-state index in [9.17, 15) is 18.8 Å². The SMILES string of the molecule is CN(C(=O)[C@H](CC1CCCCC1)NC(=O)[C@@H](N)Cc1ccc(N=C(N)N)cc1)[C@@H](Cc1ccc(F)cc1)C(N)=O. The number of carbonyl (C=O) groups is 3. The summed E-state index contributed by atoms with van der Waals surface area (Å²) in [6.07, 6.45) is 6.02. The summed E-state index contributed by atoms with van der Waals surface area (Å²) in [5.41, 5.74) is 24.8. The Bertz CT molecular complexity index is 1180. The Hall–Kier alpha value is -3.99. The van der Waals surface area contributed by atoms with Gasteiger partial charge in [-0.15, -0.1) is 0 Å². The number of benzene rings is 2. The Morgan fingerprint density at radius 3 is 2.10 bits per heavy atom. The largest absolute Gasteiger partial charge is 0.370 e. The van der Waals surface area contributed by atoms with Gasteiger partial charge in [-0.2, -0.15) is 0 Å². The van der Waals surface area contributed by atoms with Gasteiger partial charge in [0.05, 0.1) is 11.7 Å². The Morgan fingerprint density at radius 1 is 0.950 bits per heavy atom. The lowest BCUT2D eigenvalue weighted by molar-refractivity contribution is -0.141. The minimum Gasteiger partial charge on any atom is -0.370 e. The molecule has 0 aromatic heterocycles. The second-order valence-electron chi connectivity index (χ2n) is 10.5.